The van der Waals surface area contributed by atoms with Gasteiger partial charge in [0.05, 0.1) is 0 Å². The molecule has 0 saturated carbocycles. The third-order valence-corrected chi connectivity index (χ3v) is 2.04. The van der Waals surface area contributed by atoms with Gasteiger partial charge in [-0.25, -0.2) is 13.2 Å². The summed E-state index contributed by atoms with van der Waals surface area (Å²) >= 11 is 0. The van der Waals surface area contributed by atoms with Gasteiger partial charge >= 0.3 is 0 Å². The molecule has 7 heteroatoms. The van der Waals surface area contributed by atoms with Crippen LogP contribution in [0.25, 0.3) is 0 Å². The lowest BCUT2D eigenvalue weighted by Gasteiger charge is -2.13. The average molecular weight is 254 g/mol. The minimum Gasteiger partial charge on any atom is -0.477 e. The Morgan fingerprint density at radius 2 is 1.29 bits per heavy atom. The van der Waals surface area contributed by atoms with E-state index in [1.807, 2.05) is 0 Å². The number of carbonyl (C=O) groups is 1. The van der Waals surface area contributed by atoms with Crippen LogP contribution in [-0.4, -0.2) is 11.9 Å². The lowest BCUT2D eigenvalue weighted by Crippen LogP contribution is -2.22. The number of ketones is 1. The maximum Gasteiger partial charge on any atom is 0.207 e. The summed E-state index contributed by atoms with van der Waals surface area (Å²) in [6.07, 6.45) is -1.32. The third-order valence-electron chi connectivity index (χ3n) is 2.04. The van der Waals surface area contributed by atoms with Crippen molar-refractivity contribution in [2.75, 3.05) is 0 Å². The van der Waals surface area contributed by atoms with E-state index in [1.165, 1.54) is 0 Å². The molecule has 2 nitrogen and oxygen atoms in total. The van der Waals surface area contributed by atoms with Crippen molar-refractivity contribution in [2.24, 2.45) is 0 Å². The van der Waals surface area contributed by atoms with Crippen molar-refractivity contribution < 1.29 is 31.5 Å². The maximum absolute atomic E-state index is 13.1. The highest BCUT2D eigenvalue weighted by Crippen LogP contribution is 2.29. The largest absolute Gasteiger partial charge is 0.477 e. The molecule has 1 rings (SSSR count). The van der Waals surface area contributed by atoms with Crippen LogP contribution < -0.4 is 4.74 Å². The quantitative estimate of drug-likeness (QED) is 0.471. The van der Waals surface area contributed by atoms with E-state index in [2.05, 4.69) is 4.74 Å². The fraction of sp³-hybridized carbons (Fsp3) is 0.300. The molecule has 1 aromatic carbocycles. The molecule has 0 aromatic heterocycles. The summed E-state index contributed by atoms with van der Waals surface area (Å²) in [5.74, 6) is -12.8. The van der Waals surface area contributed by atoms with Gasteiger partial charge in [0, 0.05) is 0 Å². The number of Topliss-reactive ketones (excluding diaryl/α,β-unsaturated/α-hetero) is 1. The van der Waals surface area contributed by atoms with Gasteiger partial charge in [0.2, 0.25) is 29.1 Å². The van der Waals surface area contributed by atoms with Crippen molar-refractivity contribution in [1.82, 2.24) is 0 Å². The van der Waals surface area contributed by atoms with E-state index in [0.717, 1.165) is 13.8 Å². The lowest BCUT2D eigenvalue weighted by atomic mass is 10.2. The van der Waals surface area contributed by atoms with Crippen LogP contribution in [0.2, 0.25) is 0 Å². The highest BCUT2D eigenvalue weighted by Gasteiger charge is 2.28. The van der Waals surface area contributed by atoms with E-state index in [1.54, 1.807) is 0 Å². The standard InChI is InChI=1S/C10H7F5O2/c1-3(16)4(2)17-10-8(14)6(12)5(11)7(13)9(10)15/h4H,1-2H3. The van der Waals surface area contributed by atoms with Gasteiger partial charge in [-0.2, -0.15) is 8.78 Å². The fourth-order valence-electron chi connectivity index (χ4n) is 0.948. The Morgan fingerprint density at radius 3 is 1.65 bits per heavy atom. The van der Waals surface area contributed by atoms with Crippen LogP contribution in [0.4, 0.5) is 22.0 Å². The van der Waals surface area contributed by atoms with Crippen LogP contribution in [-0.2, 0) is 4.79 Å². The van der Waals surface area contributed by atoms with Crippen LogP contribution >= 0.6 is 0 Å². The summed E-state index contributed by atoms with van der Waals surface area (Å²) in [6, 6.07) is 0. The number of benzene rings is 1. The molecule has 0 N–H and O–H groups in total. The average Bonchev–Trinajstić information content (AvgIpc) is 2.29. The molecular weight excluding hydrogens is 247 g/mol. The molecule has 0 saturated heterocycles. The molecule has 0 radical (unpaired) electrons. The van der Waals surface area contributed by atoms with E-state index >= 15 is 0 Å². The number of hydrogen-bond acceptors (Lipinski definition) is 2. The van der Waals surface area contributed by atoms with Crippen molar-refractivity contribution in [3.05, 3.63) is 29.1 Å². The van der Waals surface area contributed by atoms with E-state index in [0.29, 0.717) is 0 Å². The first-order valence-corrected chi connectivity index (χ1v) is 4.45. The first kappa shape index (κ1) is 13.4. The molecule has 0 bridgehead atoms. The van der Waals surface area contributed by atoms with E-state index in [-0.39, 0.29) is 0 Å². The highest BCUT2D eigenvalue weighted by molar-refractivity contribution is 5.80. The topological polar surface area (TPSA) is 26.3 Å². The number of halogens is 5. The second-order valence-electron chi connectivity index (χ2n) is 3.27. The molecule has 1 aromatic rings. The molecule has 0 aliphatic rings. The molecule has 0 aliphatic heterocycles. The monoisotopic (exact) mass is 254 g/mol. The maximum atomic E-state index is 13.1. The zero-order valence-corrected chi connectivity index (χ0v) is 8.78. The minimum absolute atomic E-state index is 0.617. The van der Waals surface area contributed by atoms with Gasteiger partial charge in [-0.05, 0) is 13.8 Å². The minimum atomic E-state index is -2.28. The second kappa shape index (κ2) is 4.68. The Bertz CT molecular complexity index is 443. The zero-order chi connectivity index (χ0) is 13.3. The Labute approximate surface area is 93.0 Å². The summed E-state index contributed by atoms with van der Waals surface area (Å²) in [5.41, 5.74) is 0. The van der Waals surface area contributed by atoms with Gasteiger partial charge in [0.15, 0.2) is 17.6 Å². The van der Waals surface area contributed by atoms with Gasteiger partial charge in [0.25, 0.3) is 0 Å². The summed E-state index contributed by atoms with van der Waals surface area (Å²) in [6.45, 7) is 2.18. The summed E-state index contributed by atoms with van der Waals surface area (Å²) in [5, 5.41) is 0. The fourth-order valence-corrected chi connectivity index (χ4v) is 0.948. The number of hydrogen-bond donors (Lipinski definition) is 0. The van der Waals surface area contributed by atoms with Crippen molar-refractivity contribution in [3.63, 3.8) is 0 Å². The number of ether oxygens (including phenoxy) is 1. The molecule has 0 aliphatic carbocycles. The van der Waals surface area contributed by atoms with Crippen molar-refractivity contribution >= 4 is 5.78 Å². The van der Waals surface area contributed by atoms with Gasteiger partial charge in [-0.3, -0.25) is 4.79 Å². The second-order valence-corrected chi connectivity index (χ2v) is 3.27. The first-order valence-electron chi connectivity index (χ1n) is 4.45. The molecule has 1 atom stereocenters. The summed E-state index contributed by atoms with van der Waals surface area (Å²) in [7, 11) is 0. The summed E-state index contributed by atoms with van der Waals surface area (Å²) in [4.78, 5) is 10.8. The van der Waals surface area contributed by atoms with E-state index < -0.39 is 46.7 Å². The Balaban J connectivity index is 3.30. The third kappa shape index (κ3) is 2.37. The van der Waals surface area contributed by atoms with Crippen molar-refractivity contribution in [1.29, 1.82) is 0 Å². The number of rotatable bonds is 3. The van der Waals surface area contributed by atoms with Gasteiger partial charge < -0.3 is 4.74 Å². The Kier molecular flexibility index (Phi) is 3.69. The molecule has 94 valence electrons. The van der Waals surface area contributed by atoms with Crippen LogP contribution in [0.5, 0.6) is 5.75 Å². The molecule has 0 fully saturated rings. The van der Waals surface area contributed by atoms with Crippen LogP contribution in [0.3, 0.4) is 0 Å². The lowest BCUT2D eigenvalue weighted by molar-refractivity contribution is -0.123. The normalized spacial score (nSPS) is 12.4. The van der Waals surface area contributed by atoms with Gasteiger partial charge in [0.1, 0.15) is 0 Å². The zero-order valence-electron chi connectivity index (χ0n) is 8.78. The molecular formula is C10H7F5O2. The summed E-state index contributed by atoms with van der Waals surface area (Å²) < 4.78 is 68.6. The van der Waals surface area contributed by atoms with E-state index in [9.17, 15) is 26.7 Å². The smallest absolute Gasteiger partial charge is 0.207 e. The number of carbonyl (C=O) groups excluding carboxylic acids is 1. The Morgan fingerprint density at radius 1 is 0.941 bits per heavy atom. The molecule has 0 amide bonds. The van der Waals surface area contributed by atoms with Crippen LogP contribution in [0, 0.1) is 29.1 Å². The highest BCUT2D eigenvalue weighted by atomic mass is 19.2. The first-order chi connectivity index (χ1) is 7.77. The molecule has 0 heterocycles. The molecule has 0 spiro atoms. The Hall–Kier alpha value is -1.66. The predicted octanol–water partition coefficient (Wildman–Crippen LogP) is 2.74. The van der Waals surface area contributed by atoms with Crippen molar-refractivity contribution in [2.45, 2.75) is 20.0 Å². The van der Waals surface area contributed by atoms with E-state index in [4.69, 9.17) is 0 Å². The van der Waals surface area contributed by atoms with Crippen LogP contribution in [0.15, 0.2) is 0 Å². The van der Waals surface area contributed by atoms with Gasteiger partial charge in [-0.15, -0.1) is 0 Å². The SMILES string of the molecule is CC(=O)C(C)Oc1c(F)c(F)c(F)c(F)c1F. The van der Waals surface area contributed by atoms with Gasteiger partial charge in [-0.1, -0.05) is 0 Å². The predicted molar refractivity (Wildman–Crippen MR) is 47.0 cm³/mol. The van der Waals surface area contributed by atoms with Crippen LogP contribution in [0.1, 0.15) is 13.8 Å². The molecule has 17 heavy (non-hydrogen) atoms. The van der Waals surface area contributed by atoms with Crippen molar-refractivity contribution in [3.8, 4) is 5.75 Å². The molecule has 1 unspecified atom stereocenters.